The molecule has 0 radical (unpaired) electrons. The summed E-state index contributed by atoms with van der Waals surface area (Å²) in [5.41, 5.74) is 1.41. The molecular formula is C18H14ClNO3S. The van der Waals surface area contributed by atoms with Crippen molar-refractivity contribution in [3.8, 4) is 5.75 Å². The van der Waals surface area contributed by atoms with E-state index in [2.05, 4.69) is 0 Å². The second-order valence-electron chi connectivity index (χ2n) is 5.60. The summed E-state index contributed by atoms with van der Waals surface area (Å²) in [6.07, 6.45) is 0. The van der Waals surface area contributed by atoms with Crippen LogP contribution in [0.2, 0.25) is 5.02 Å². The molecule has 3 aromatic rings. The van der Waals surface area contributed by atoms with E-state index in [1.165, 1.54) is 4.31 Å². The molecule has 122 valence electrons. The van der Waals surface area contributed by atoms with Gasteiger partial charge in [-0.25, -0.2) is 8.42 Å². The van der Waals surface area contributed by atoms with Crippen molar-refractivity contribution in [1.82, 2.24) is 0 Å². The van der Waals surface area contributed by atoms with Crippen molar-refractivity contribution >= 4 is 38.1 Å². The standard InChI is InChI=1S/C18H14ClNO3S/c1-23-16-9-8-14(19)10-13(16)11-20-15-6-2-4-12-5-3-7-17(18(12)15)24(20,21)22/h2-10H,11H2,1H3. The lowest BCUT2D eigenvalue weighted by Gasteiger charge is -2.20. The van der Waals surface area contributed by atoms with Gasteiger partial charge in [-0.2, -0.15) is 0 Å². The number of methoxy groups -OCH3 is 1. The van der Waals surface area contributed by atoms with Gasteiger partial charge in [0.05, 0.1) is 24.2 Å². The van der Waals surface area contributed by atoms with Gasteiger partial charge in [-0.15, -0.1) is 0 Å². The summed E-state index contributed by atoms with van der Waals surface area (Å²) >= 11 is 6.08. The average Bonchev–Trinajstić information content (AvgIpc) is 2.79. The lowest BCUT2D eigenvalue weighted by Crippen LogP contribution is -2.26. The quantitative estimate of drug-likeness (QED) is 0.703. The molecule has 1 aliphatic heterocycles. The molecule has 0 atom stereocenters. The smallest absolute Gasteiger partial charge is 0.265 e. The molecule has 0 spiro atoms. The molecule has 0 amide bonds. The molecule has 0 N–H and O–H groups in total. The fourth-order valence-corrected chi connectivity index (χ4v) is 5.04. The Morgan fingerprint density at radius 2 is 1.83 bits per heavy atom. The number of halogens is 1. The van der Waals surface area contributed by atoms with E-state index in [0.717, 1.165) is 16.3 Å². The van der Waals surface area contributed by atoms with Crippen LogP contribution in [0.5, 0.6) is 5.75 Å². The molecule has 1 aliphatic rings. The van der Waals surface area contributed by atoms with E-state index in [9.17, 15) is 8.42 Å². The molecule has 4 nitrogen and oxygen atoms in total. The molecule has 0 aromatic heterocycles. The zero-order valence-electron chi connectivity index (χ0n) is 12.9. The first-order valence-electron chi connectivity index (χ1n) is 7.39. The van der Waals surface area contributed by atoms with Gasteiger partial charge in [-0.3, -0.25) is 4.31 Å². The van der Waals surface area contributed by atoms with Crippen LogP contribution in [0.1, 0.15) is 5.56 Å². The largest absolute Gasteiger partial charge is 0.496 e. The fourth-order valence-electron chi connectivity index (χ4n) is 3.15. The van der Waals surface area contributed by atoms with E-state index in [1.54, 1.807) is 37.4 Å². The highest BCUT2D eigenvalue weighted by atomic mass is 35.5. The van der Waals surface area contributed by atoms with Crippen LogP contribution in [-0.4, -0.2) is 15.5 Å². The molecule has 0 saturated heterocycles. The van der Waals surface area contributed by atoms with Crippen LogP contribution >= 0.6 is 11.6 Å². The molecule has 3 aromatic carbocycles. The highest BCUT2D eigenvalue weighted by Crippen LogP contribution is 2.43. The Morgan fingerprint density at radius 1 is 1.08 bits per heavy atom. The molecule has 1 heterocycles. The summed E-state index contributed by atoms with van der Waals surface area (Å²) in [5.74, 6) is 0.609. The first-order valence-corrected chi connectivity index (χ1v) is 9.21. The monoisotopic (exact) mass is 359 g/mol. The third-order valence-electron chi connectivity index (χ3n) is 4.24. The number of rotatable bonds is 3. The molecule has 4 rings (SSSR count). The molecule has 0 aliphatic carbocycles. The number of hydrogen-bond acceptors (Lipinski definition) is 3. The maximum atomic E-state index is 13.0. The maximum Gasteiger partial charge on any atom is 0.265 e. The second kappa shape index (κ2) is 5.40. The number of anilines is 1. The number of ether oxygens (including phenoxy) is 1. The summed E-state index contributed by atoms with van der Waals surface area (Å²) < 4.78 is 32.8. The van der Waals surface area contributed by atoms with Crippen LogP contribution in [0, 0.1) is 0 Å². The number of benzene rings is 3. The zero-order valence-corrected chi connectivity index (χ0v) is 14.4. The van der Waals surface area contributed by atoms with Crippen molar-refractivity contribution in [3.63, 3.8) is 0 Å². The normalized spacial score (nSPS) is 15.0. The fraction of sp³-hybridized carbons (Fsp3) is 0.111. The van der Waals surface area contributed by atoms with Crippen LogP contribution in [0.25, 0.3) is 10.8 Å². The highest BCUT2D eigenvalue weighted by Gasteiger charge is 2.35. The lowest BCUT2D eigenvalue weighted by atomic mass is 10.1. The van der Waals surface area contributed by atoms with Crippen molar-refractivity contribution in [3.05, 3.63) is 65.2 Å². The Kier molecular flexibility index (Phi) is 3.44. The predicted molar refractivity (Wildman–Crippen MR) is 95.3 cm³/mol. The van der Waals surface area contributed by atoms with Gasteiger partial charge in [0.2, 0.25) is 0 Å². The van der Waals surface area contributed by atoms with Crippen molar-refractivity contribution in [2.75, 3.05) is 11.4 Å². The van der Waals surface area contributed by atoms with Crippen molar-refractivity contribution in [1.29, 1.82) is 0 Å². The van der Waals surface area contributed by atoms with Gasteiger partial charge in [0.25, 0.3) is 10.0 Å². The van der Waals surface area contributed by atoms with Crippen LogP contribution in [0.3, 0.4) is 0 Å². The first-order chi connectivity index (χ1) is 11.5. The van der Waals surface area contributed by atoms with Gasteiger partial charge in [0.1, 0.15) is 5.75 Å². The van der Waals surface area contributed by atoms with E-state index < -0.39 is 10.0 Å². The van der Waals surface area contributed by atoms with Gasteiger partial charge < -0.3 is 4.74 Å². The molecule has 24 heavy (non-hydrogen) atoms. The summed E-state index contributed by atoms with van der Waals surface area (Å²) in [6, 6.07) is 16.1. The third kappa shape index (κ3) is 2.16. The van der Waals surface area contributed by atoms with E-state index in [4.69, 9.17) is 16.3 Å². The Morgan fingerprint density at radius 3 is 2.58 bits per heavy atom. The van der Waals surface area contributed by atoms with E-state index in [-0.39, 0.29) is 6.54 Å². The average molecular weight is 360 g/mol. The zero-order chi connectivity index (χ0) is 16.9. The van der Waals surface area contributed by atoms with E-state index in [0.29, 0.717) is 21.4 Å². The van der Waals surface area contributed by atoms with Crippen molar-refractivity contribution in [2.45, 2.75) is 11.4 Å². The van der Waals surface area contributed by atoms with Crippen LogP contribution in [-0.2, 0) is 16.6 Å². The van der Waals surface area contributed by atoms with Crippen LogP contribution in [0.15, 0.2) is 59.5 Å². The van der Waals surface area contributed by atoms with Gasteiger partial charge in [0.15, 0.2) is 0 Å². The predicted octanol–water partition coefficient (Wildman–Crippen LogP) is 4.21. The second-order valence-corrected chi connectivity index (χ2v) is 7.87. The molecule has 0 saturated carbocycles. The number of sulfonamides is 1. The number of hydrogen-bond donors (Lipinski definition) is 0. The molecule has 0 fully saturated rings. The van der Waals surface area contributed by atoms with Crippen LogP contribution < -0.4 is 9.04 Å². The van der Waals surface area contributed by atoms with E-state index >= 15 is 0 Å². The highest BCUT2D eigenvalue weighted by molar-refractivity contribution is 7.93. The lowest BCUT2D eigenvalue weighted by molar-refractivity contribution is 0.410. The molecular weight excluding hydrogens is 346 g/mol. The Hall–Kier alpha value is -2.24. The van der Waals surface area contributed by atoms with Crippen molar-refractivity contribution < 1.29 is 13.2 Å². The summed E-state index contributed by atoms with van der Waals surface area (Å²) in [5, 5.41) is 2.22. The summed E-state index contributed by atoms with van der Waals surface area (Å²) in [6.45, 7) is 0.167. The minimum absolute atomic E-state index is 0.167. The van der Waals surface area contributed by atoms with Gasteiger partial charge in [-0.1, -0.05) is 35.9 Å². The minimum atomic E-state index is -3.60. The topological polar surface area (TPSA) is 46.6 Å². The van der Waals surface area contributed by atoms with E-state index in [1.807, 2.05) is 24.3 Å². The van der Waals surface area contributed by atoms with Gasteiger partial charge in [-0.05, 0) is 35.7 Å². The third-order valence-corrected chi connectivity index (χ3v) is 6.27. The number of nitrogens with zero attached hydrogens (tertiary/aromatic N) is 1. The first kappa shape index (κ1) is 15.3. The Labute approximate surface area is 145 Å². The molecule has 6 heteroatoms. The summed E-state index contributed by atoms with van der Waals surface area (Å²) in [4.78, 5) is 0.344. The molecule has 0 bridgehead atoms. The SMILES string of the molecule is COc1ccc(Cl)cc1CN1c2cccc3cccc(c23)S1(=O)=O. The summed E-state index contributed by atoms with van der Waals surface area (Å²) in [7, 11) is -2.04. The Bertz CT molecular complexity index is 1060. The Balaban J connectivity index is 1.89. The molecule has 0 unspecified atom stereocenters. The van der Waals surface area contributed by atoms with Crippen LogP contribution in [0.4, 0.5) is 5.69 Å². The minimum Gasteiger partial charge on any atom is -0.496 e. The van der Waals surface area contributed by atoms with Gasteiger partial charge in [0, 0.05) is 16.0 Å². The van der Waals surface area contributed by atoms with Crippen molar-refractivity contribution in [2.24, 2.45) is 0 Å². The maximum absolute atomic E-state index is 13.0. The van der Waals surface area contributed by atoms with Gasteiger partial charge >= 0.3 is 0 Å².